The highest BCUT2D eigenvalue weighted by molar-refractivity contribution is 7.89. The summed E-state index contributed by atoms with van der Waals surface area (Å²) in [6.45, 7) is 0.996. The summed E-state index contributed by atoms with van der Waals surface area (Å²) in [6.07, 6.45) is 0. The van der Waals surface area contributed by atoms with E-state index in [-0.39, 0.29) is 40.9 Å². The highest BCUT2D eigenvalue weighted by atomic mass is 32.2. The smallest absolute Gasteiger partial charge is 0.247 e. The molecule has 2 aromatic rings. The Kier molecular flexibility index (Phi) is 6.56. The summed E-state index contributed by atoms with van der Waals surface area (Å²) < 4.78 is 92.1. The lowest BCUT2D eigenvalue weighted by molar-refractivity contribution is 0.211. The van der Waals surface area contributed by atoms with E-state index >= 15 is 0 Å². The predicted molar refractivity (Wildman–Crippen MR) is 108 cm³/mol. The molecule has 0 N–H and O–H groups in total. The van der Waals surface area contributed by atoms with E-state index < -0.39 is 37.7 Å². The first-order valence-electron chi connectivity index (χ1n) is 9.21. The minimum atomic E-state index is -4.17. The average Bonchev–Trinajstić information content (AvgIpc) is 2.73. The van der Waals surface area contributed by atoms with Gasteiger partial charge in [0.2, 0.25) is 20.0 Å². The summed E-state index contributed by atoms with van der Waals surface area (Å²) in [6, 6.07) is 5.53. The minimum Gasteiger partial charge on any atom is -0.495 e. The lowest BCUT2D eigenvalue weighted by atomic mass is 10.3. The number of nitrogens with zero attached hydrogens (tertiary/aromatic N) is 2. The molecule has 2 aromatic carbocycles. The van der Waals surface area contributed by atoms with Crippen molar-refractivity contribution in [2.75, 3.05) is 33.9 Å². The van der Waals surface area contributed by atoms with Crippen molar-refractivity contribution in [3.05, 3.63) is 48.0 Å². The third kappa shape index (κ3) is 4.38. The second-order valence-corrected chi connectivity index (χ2v) is 10.7. The number of rotatable bonds is 6. The monoisotopic (exact) mass is 476 g/mol. The van der Waals surface area contributed by atoms with Crippen LogP contribution in [0, 0.1) is 11.6 Å². The van der Waals surface area contributed by atoms with Crippen molar-refractivity contribution in [2.24, 2.45) is 0 Å². The van der Waals surface area contributed by atoms with E-state index in [1.165, 1.54) is 33.3 Å². The SMILES string of the molecule is COc1ccc(F)cc1S(=O)(=O)N1CCN(S(=O)(=O)c2cc(F)ccc2OC)C(C)C1. The van der Waals surface area contributed by atoms with Gasteiger partial charge in [0.05, 0.1) is 14.2 Å². The maximum Gasteiger partial charge on any atom is 0.247 e. The molecule has 1 heterocycles. The van der Waals surface area contributed by atoms with Gasteiger partial charge in [0.15, 0.2) is 0 Å². The fourth-order valence-corrected chi connectivity index (χ4v) is 6.91. The summed E-state index contributed by atoms with van der Waals surface area (Å²) in [5.74, 6) is -1.53. The number of benzene rings is 2. The standard InChI is InChI=1S/C19H22F2N2O6S2/c1-13-12-22(30(24,25)18-10-14(20)4-6-16(18)28-2)8-9-23(13)31(26,27)19-11-15(21)5-7-17(19)29-3/h4-7,10-11,13H,8-9,12H2,1-3H3. The van der Waals surface area contributed by atoms with Crippen LogP contribution in [0.4, 0.5) is 8.78 Å². The van der Waals surface area contributed by atoms with Crippen LogP contribution in [0.25, 0.3) is 0 Å². The highest BCUT2D eigenvalue weighted by Gasteiger charge is 2.40. The molecule has 1 fully saturated rings. The largest absolute Gasteiger partial charge is 0.495 e. The molecule has 0 amide bonds. The fourth-order valence-electron chi connectivity index (χ4n) is 3.45. The molecule has 12 heteroatoms. The summed E-state index contributed by atoms with van der Waals surface area (Å²) in [5.41, 5.74) is 0. The summed E-state index contributed by atoms with van der Waals surface area (Å²) in [5, 5.41) is 0. The second-order valence-electron chi connectivity index (χ2n) is 6.92. The van der Waals surface area contributed by atoms with Crippen LogP contribution in [-0.2, 0) is 20.0 Å². The summed E-state index contributed by atoms with van der Waals surface area (Å²) in [7, 11) is -5.78. The maximum atomic E-state index is 13.7. The molecule has 3 rings (SSSR count). The molecule has 31 heavy (non-hydrogen) atoms. The topological polar surface area (TPSA) is 93.2 Å². The molecule has 170 valence electrons. The minimum absolute atomic E-state index is 0.0198. The molecule has 1 atom stereocenters. The molecule has 1 aliphatic heterocycles. The van der Waals surface area contributed by atoms with Crippen LogP contribution in [-0.4, -0.2) is 65.3 Å². The molecule has 0 bridgehead atoms. The molecule has 1 aliphatic rings. The third-order valence-electron chi connectivity index (χ3n) is 4.99. The van der Waals surface area contributed by atoms with Gasteiger partial charge in [-0.2, -0.15) is 8.61 Å². The Morgan fingerprint density at radius 1 is 0.839 bits per heavy atom. The van der Waals surface area contributed by atoms with Crippen molar-refractivity contribution >= 4 is 20.0 Å². The van der Waals surface area contributed by atoms with Gasteiger partial charge in [-0.15, -0.1) is 0 Å². The Morgan fingerprint density at radius 2 is 1.32 bits per heavy atom. The summed E-state index contributed by atoms with van der Waals surface area (Å²) in [4.78, 5) is -0.685. The maximum absolute atomic E-state index is 13.7. The number of ether oxygens (including phenoxy) is 2. The van der Waals surface area contributed by atoms with Gasteiger partial charge in [-0.3, -0.25) is 0 Å². The normalized spacial score (nSPS) is 18.7. The van der Waals surface area contributed by atoms with Crippen molar-refractivity contribution in [3.63, 3.8) is 0 Å². The number of sulfonamides is 2. The van der Waals surface area contributed by atoms with Gasteiger partial charge < -0.3 is 9.47 Å². The fraction of sp³-hybridized carbons (Fsp3) is 0.368. The number of piperazine rings is 1. The first-order chi connectivity index (χ1) is 14.5. The molecule has 8 nitrogen and oxygen atoms in total. The first-order valence-corrected chi connectivity index (χ1v) is 12.1. The Morgan fingerprint density at radius 3 is 1.77 bits per heavy atom. The van der Waals surface area contributed by atoms with Gasteiger partial charge in [0, 0.05) is 25.7 Å². The number of halogens is 2. The van der Waals surface area contributed by atoms with Crippen molar-refractivity contribution in [1.29, 1.82) is 0 Å². The van der Waals surface area contributed by atoms with Crippen LogP contribution >= 0.6 is 0 Å². The molecule has 0 saturated carbocycles. The van der Waals surface area contributed by atoms with Crippen LogP contribution in [0.5, 0.6) is 11.5 Å². The Balaban J connectivity index is 1.91. The Bertz CT molecular complexity index is 1190. The van der Waals surface area contributed by atoms with Gasteiger partial charge in [0.25, 0.3) is 0 Å². The van der Waals surface area contributed by atoms with E-state index in [2.05, 4.69) is 0 Å². The Labute approximate surface area is 180 Å². The van der Waals surface area contributed by atoms with Gasteiger partial charge in [-0.05, 0) is 43.3 Å². The van der Waals surface area contributed by atoms with Crippen LogP contribution in [0.2, 0.25) is 0 Å². The van der Waals surface area contributed by atoms with E-state index in [1.54, 1.807) is 0 Å². The molecular formula is C19H22F2N2O6S2. The van der Waals surface area contributed by atoms with Crippen molar-refractivity contribution < 1.29 is 35.1 Å². The second kappa shape index (κ2) is 8.69. The molecular weight excluding hydrogens is 454 g/mol. The van der Waals surface area contributed by atoms with Gasteiger partial charge in [0.1, 0.15) is 32.9 Å². The Hall–Kier alpha value is -2.28. The van der Waals surface area contributed by atoms with Gasteiger partial charge in [-0.25, -0.2) is 25.6 Å². The quantitative estimate of drug-likeness (QED) is 0.634. The highest BCUT2D eigenvalue weighted by Crippen LogP contribution is 2.32. The van der Waals surface area contributed by atoms with Crippen LogP contribution in [0.15, 0.2) is 46.2 Å². The number of hydrogen-bond donors (Lipinski definition) is 0. The third-order valence-corrected chi connectivity index (χ3v) is 8.91. The molecule has 0 aliphatic carbocycles. The van der Waals surface area contributed by atoms with Crippen molar-refractivity contribution in [3.8, 4) is 11.5 Å². The van der Waals surface area contributed by atoms with Crippen LogP contribution < -0.4 is 9.47 Å². The van der Waals surface area contributed by atoms with Crippen LogP contribution in [0.3, 0.4) is 0 Å². The van der Waals surface area contributed by atoms with E-state index in [0.717, 1.165) is 32.9 Å². The average molecular weight is 477 g/mol. The molecule has 0 radical (unpaired) electrons. The van der Waals surface area contributed by atoms with E-state index in [9.17, 15) is 25.6 Å². The van der Waals surface area contributed by atoms with Gasteiger partial charge >= 0.3 is 0 Å². The van der Waals surface area contributed by atoms with Crippen molar-refractivity contribution in [2.45, 2.75) is 22.8 Å². The van der Waals surface area contributed by atoms with Crippen LogP contribution in [0.1, 0.15) is 6.92 Å². The van der Waals surface area contributed by atoms with E-state index in [0.29, 0.717) is 0 Å². The van der Waals surface area contributed by atoms with Gasteiger partial charge in [-0.1, -0.05) is 0 Å². The molecule has 0 aromatic heterocycles. The number of methoxy groups -OCH3 is 2. The first kappa shape index (κ1) is 23.4. The zero-order chi connectivity index (χ0) is 23.0. The zero-order valence-electron chi connectivity index (χ0n) is 17.1. The lowest BCUT2D eigenvalue weighted by Crippen LogP contribution is -2.55. The molecule has 1 unspecified atom stereocenters. The van der Waals surface area contributed by atoms with E-state index in [1.807, 2.05) is 0 Å². The zero-order valence-corrected chi connectivity index (χ0v) is 18.7. The summed E-state index contributed by atoms with van der Waals surface area (Å²) >= 11 is 0. The molecule has 0 spiro atoms. The molecule has 1 saturated heterocycles. The van der Waals surface area contributed by atoms with E-state index in [4.69, 9.17) is 9.47 Å². The van der Waals surface area contributed by atoms with Crippen molar-refractivity contribution in [1.82, 2.24) is 8.61 Å². The number of hydrogen-bond acceptors (Lipinski definition) is 6. The predicted octanol–water partition coefficient (Wildman–Crippen LogP) is 2.07. The lowest BCUT2D eigenvalue weighted by Gasteiger charge is -2.38.